The van der Waals surface area contributed by atoms with E-state index in [2.05, 4.69) is 27.7 Å². The van der Waals surface area contributed by atoms with E-state index in [0.29, 0.717) is 34.5 Å². The van der Waals surface area contributed by atoms with Gasteiger partial charge in [-0.3, -0.25) is 9.59 Å². The van der Waals surface area contributed by atoms with Crippen LogP contribution in [0.25, 0.3) is 0 Å². The van der Waals surface area contributed by atoms with Gasteiger partial charge in [0.2, 0.25) is 23.1 Å². The third-order valence-corrected chi connectivity index (χ3v) is 5.52. The Hall–Kier alpha value is -3.66. The lowest BCUT2D eigenvalue weighted by Crippen LogP contribution is -2.27. The molecule has 0 unspecified atom stereocenters. The highest BCUT2D eigenvalue weighted by Gasteiger charge is 2.36. The van der Waals surface area contributed by atoms with Gasteiger partial charge in [-0.05, 0) is 47.2 Å². The molecule has 162 valence electrons. The maximum Gasteiger partial charge on any atom is 0.233 e. The smallest absolute Gasteiger partial charge is 0.233 e. The molecule has 1 aliphatic carbocycles. The Labute approximate surface area is 188 Å². The number of carbonyl (C=O) groups excluding carboxylic acids is 2. The van der Waals surface area contributed by atoms with Gasteiger partial charge in [0.15, 0.2) is 0 Å². The molecular formula is C28H26O4. The second-order valence-corrected chi connectivity index (χ2v) is 8.52. The highest BCUT2D eigenvalue weighted by Crippen LogP contribution is 2.32. The summed E-state index contributed by atoms with van der Waals surface area (Å²) in [5, 5.41) is 0. The topological polar surface area (TPSA) is 52.6 Å². The molecule has 0 aliphatic heterocycles. The second-order valence-electron chi connectivity index (χ2n) is 8.52. The van der Waals surface area contributed by atoms with Crippen LogP contribution in [0.2, 0.25) is 0 Å². The molecule has 3 aromatic carbocycles. The fraction of sp³-hybridized carbons (Fsp3) is 0.214. The van der Waals surface area contributed by atoms with E-state index >= 15 is 0 Å². The number of carbonyl (C=O) groups is 2. The van der Waals surface area contributed by atoms with Crippen LogP contribution < -0.4 is 9.47 Å². The molecule has 4 heteroatoms. The first kappa shape index (κ1) is 21.6. The average molecular weight is 427 g/mol. The number of hydrogen-bond acceptors (Lipinski definition) is 4. The summed E-state index contributed by atoms with van der Waals surface area (Å²) in [5.41, 5.74) is 2.78. The zero-order valence-electron chi connectivity index (χ0n) is 18.7. The molecule has 0 saturated heterocycles. The average Bonchev–Trinajstić information content (AvgIpc) is 2.80. The summed E-state index contributed by atoms with van der Waals surface area (Å²) in [5.74, 6) is 0.648. The maximum atomic E-state index is 13.3. The van der Waals surface area contributed by atoms with Crippen molar-refractivity contribution in [3.05, 3.63) is 107 Å². The van der Waals surface area contributed by atoms with Crippen LogP contribution in [0.1, 0.15) is 71.4 Å². The zero-order valence-corrected chi connectivity index (χ0v) is 18.7. The van der Waals surface area contributed by atoms with Crippen molar-refractivity contribution in [3.8, 4) is 11.5 Å². The summed E-state index contributed by atoms with van der Waals surface area (Å²) < 4.78 is 12.1. The monoisotopic (exact) mass is 426 g/mol. The number of benzene rings is 3. The summed E-state index contributed by atoms with van der Waals surface area (Å²) in [6.07, 6.45) is 0. The standard InChI is InChI=1S/C28H26O4/c1-17(2)19-9-7-11-21(15-19)31-27-25(29)23-13-5-6-14-24(23)26(30)28(27)32-22-12-8-10-20(16-22)18(3)4/h5-18H,1-4H3. The van der Waals surface area contributed by atoms with Crippen molar-refractivity contribution >= 4 is 11.6 Å². The van der Waals surface area contributed by atoms with E-state index in [1.165, 1.54) is 0 Å². The van der Waals surface area contributed by atoms with E-state index < -0.39 is 0 Å². The molecular weight excluding hydrogens is 400 g/mol. The van der Waals surface area contributed by atoms with Gasteiger partial charge in [0, 0.05) is 11.1 Å². The molecule has 3 aromatic rings. The van der Waals surface area contributed by atoms with Crippen molar-refractivity contribution in [1.29, 1.82) is 0 Å². The number of Topliss-reactive ketones (excluding diaryl/α,β-unsaturated/α-hetero) is 2. The molecule has 1 aliphatic rings. The summed E-state index contributed by atoms with van der Waals surface area (Å²) in [7, 11) is 0. The summed E-state index contributed by atoms with van der Waals surface area (Å²) in [6, 6.07) is 21.8. The molecule has 32 heavy (non-hydrogen) atoms. The Morgan fingerprint density at radius 2 is 0.969 bits per heavy atom. The largest absolute Gasteiger partial charge is 0.449 e. The molecule has 0 amide bonds. The second kappa shape index (κ2) is 8.83. The first-order chi connectivity index (χ1) is 15.3. The molecule has 0 aromatic heterocycles. The van der Waals surface area contributed by atoms with Gasteiger partial charge in [-0.1, -0.05) is 76.2 Å². The molecule has 0 bridgehead atoms. The molecule has 0 fully saturated rings. The fourth-order valence-corrected chi connectivity index (χ4v) is 3.63. The minimum atomic E-state index is -0.370. The third-order valence-electron chi connectivity index (χ3n) is 5.52. The van der Waals surface area contributed by atoms with E-state index in [9.17, 15) is 9.59 Å². The Morgan fingerprint density at radius 1 is 0.562 bits per heavy atom. The van der Waals surface area contributed by atoms with Gasteiger partial charge < -0.3 is 9.47 Å². The Morgan fingerprint density at radius 3 is 1.34 bits per heavy atom. The molecule has 0 heterocycles. The van der Waals surface area contributed by atoms with Crippen molar-refractivity contribution < 1.29 is 19.1 Å². The molecule has 4 rings (SSSR count). The zero-order chi connectivity index (χ0) is 22.8. The van der Waals surface area contributed by atoms with Crippen LogP contribution in [0.15, 0.2) is 84.3 Å². The minimum absolute atomic E-state index is 0.0930. The van der Waals surface area contributed by atoms with Gasteiger partial charge in [0.1, 0.15) is 11.5 Å². The Balaban J connectivity index is 1.80. The van der Waals surface area contributed by atoms with E-state index in [0.717, 1.165) is 11.1 Å². The van der Waals surface area contributed by atoms with Crippen LogP contribution >= 0.6 is 0 Å². The summed E-state index contributed by atoms with van der Waals surface area (Å²) >= 11 is 0. The van der Waals surface area contributed by atoms with Crippen molar-refractivity contribution in [3.63, 3.8) is 0 Å². The van der Waals surface area contributed by atoms with Crippen LogP contribution in [0.4, 0.5) is 0 Å². The van der Waals surface area contributed by atoms with Gasteiger partial charge in [-0.25, -0.2) is 0 Å². The minimum Gasteiger partial charge on any atom is -0.449 e. The summed E-state index contributed by atoms with van der Waals surface area (Å²) in [4.78, 5) is 26.7. The van der Waals surface area contributed by atoms with Gasteiger partial charge >= 0.3 is 0 Å². The number of fused-ring (bicyclic) bond motifs is 1. The van der Waals surface area contributed by atoms with E-state index in [1.54, 1.807) is 36.4 Å². The lowest BCUT2D eigenvalue weighted by atomic mass is 9.92. The third kappa shape index (κ3) is 4.22. The van der Waals surface area contributed by atoms with Crippen molar-refractivity contribution in [2.24, 2.45) is 0 Å². The van der Waals surface area contributed by atoms with Crippen molar-refractivity contribution in [2.75, 3.05) is 0 Å². The molecule has 0 saturated carbocycles. The van der Waals surface area contributed by atoms with Crippen molar-refractivity contribution in [1.82, 2.24) is 0 Å². The predicted molar refractivity (Wildman–Crippen MR) is 124 cm³/mol. The number of ketones is 2. The number of rotatable bonds is 6. The van der Waals surface area contributed by atoms with Crippen molar-refractivity contribution in [2.45, 2.75) is 39.5 Å². The van der Waals surface area contributed by atoms with Crippen LogP contribution in [0, 0.1) is 0 Å². The van der Waals surface area contributed by atoms with Gasteiger partial charge in [-0.15, -0.1) is 0 Å². The van der Waals surface area contributed by atoms with E-state index in [-0.39, 0.29) is 23.1 Å². The summed E-state index contributed by atoms with van der Waals surface area (Å²) in [6.45, 7) is 8.33. The molecule has 0 atom stereocenters. The Bertz CT molecular complexity index is 1120. The quantitative estimate of drug-likeness (QED) is 0.441. The fourth-order valence-electron chi connectivity index (χ4n) is 3.63. The van der Waals surface area contributed by atoms with Crippen LogP contribution in [0.3, 0.4) is 0 Å². The van der Waals surface area contributed by atoms with Gasteiger partial charge in [0.25, 0.3) is 0 Å². The van der Waals surface area contributed by atoms with E-state index in [1.807, 2.05) is 36.4 Å². The maximum absolute atomic E-state index is 13.3. The lowest BCUT2D eigenvalue weighted by Gasteiger charge is -2.21. The predicted octanol–water partition coefficient (Wildman–Crippen LogP) is 6.68. The van der Waals surface area contributed by atoms with Crippen LogP contribution in [0.5, 0.6) is 11.5 Å². The molecule has 0 radical (unpaired) electrons. The number of hydrogen-bond donors (Lipinski definition) is 0. The highest BCUT2D eigenvalue weighted by atomic mass is 16.5. The van der Waals surface area contributed by atoms with Gasteiger partial charge in [0.05, 0.1) is 0 Å². The first-order valence-electron chi connectivity index (χ1n) is 10.8. The number of allylic oxidation sites excluding steroid dienone is 2. The van der Waals surface area contributed by atoms with Gasteiger partial charge in [-0.2, -0.15) is 0 Å². The van der Waals surface area contributed by atoms with Crippen LogP contribution in [-0.2, 0) is 0 Å². The van der Waals surface area contributed by atoms with E-state index in [4.69, 9.17) is 9.47 Å². The normalized spacial score (nSPS) is 13.6. The first-order valence-corrected chi connectivity index (χ1v) is 10.8. The SMILES string of the molecule is CC(C)c1cccc(OC2=C(Oc3cccc(C(C)C)c3)C(=O)c3ccccc3C2=O)c1. The molecule has 0 spiro atoms. The van der Waals surface area contributed by atoms with Crippen LogP contribution in [-0.4, -0.2) is 11.6 Å². The number of ether oxygens (including phenoxy) is 2. The Kier molecular flexibility index (Phi) is 5.95. The molecule has 4 nitrogen and oxygen atoms in total. The molecule has 0 N–H and O–H groups in total. The lowest BCUT2D eigenvalue weighted by molar-refractivity contribution is 0.0897. The highest BCUT2D eigenvalue weighted by molar-refractivity contribution is 6.25.